The zero-order chi connectivity index (χ0) is 20.4. The van der Waals surface area contributed by atoms with Crippen molar-refractivity contribution in [2.75, 3.05) is 18.9 Å². The molecule has 0 aliphatic heterocycles. The number of hydrogen-bond acceptors (Lipinski definition) is 5. The molecule has 0 aliphatic carbocycles. The number of methoxy groups -OCH3 is 2. The summed E-state index contributed by atoms with van der Waals surface area (Å²) in [5.74, 6) is 0.642. The van der Waals surface area contributed by atoms with Crippen LogP contribution < -0.4 is 14.2 Å². The third kappa shape index (κ3) is 3.62. The Hall–Kier alpha value is -3.52. The van der Waals surface area contributed by atoms with E-state index < -0.39 is 10.0 Å². The Morgan fingerprint density at radius 3 is 2.52 bits per heavy atom. The van der Waals surface area contributed by atoms with Gasteiger partial charge in [-0.05, 0) is 30.3 Å². The second-order valence-corrected chi connectivity index (χ2v) is 7.91. The van der Waals surface area contributed by atoms with Crippen LogP contribution in [0, 0.1) is 0 Å². The number of sulfonamides is 1. The molecule has 29 heavy (non-hydrogen) atoms. The first-order valence-corrected chi connectivity index (χ1v) is 10.3. The normalized spacial score (nSPS) is 11.4. The van der Waals surface area contributed by atoms with Gasteiger partial charge in [0, 0.05) is 24.0 Å². The number of nitrogens with one attached hydrogen (secondary N) is 1. The first-order valence-electron chi connectivity index (χ1n) is 8.80. The molecule has 1 N–H and O–H groups in total. The van der Waals surface area contributed by atoms with Crippen LogP contribution in [0.2, 0.25) is 0 Å². The Balaban J connectivity index is 1.77. The van der Waals surface area contributed by atoms with Crippen LogP contribution in [0.5, 0.6) is 11.5 Å². The third-order valence-electron chi connectivity index (χ3n) is 4.47. The highest BCUT2D eigenvalue weighted by Crippen LogP contribution is 2.33. The molecular formula is C21H19N3O4S. The average molecular weight is 409 g/mol. The molecule has 0 spiro atoms. The minimum atomic E-state index is -3.94. The van der Waals surface area contributed by atoms with Gasteiger partial charge < -0.3 is 13.9 Å². The van der Waals surface area contributed by atoms with Gasteiger partial charge in [0.1, 0.15) is 22.0 Å². The third-order valence-corrected chi connectivity index (χ3v) is 5.86. The lowest BCUT2D eigenvalue weighted by atomic mass is 10.1. The van der Waals surface area contributed by atoms with Crippen LogP contribution in [0.1, 0.15) is 0 Å². The van der Waals surface area contributed by atoms with E-state index >= 15 is 0 Å². The van der Waals surface area contributed by atoms with E-state index in [0.717, 1.165) is 5.65 Å². The number of nitrogens with zero attached hydrogens (tertiary/aromatic N) is 2. The van der Waals surface area contributed by atoms with E-state index in [4.69, 9.17) is 9.47 Å². The fourth-order valence-electron chi connectivity index (χ4n) is 3.05. The van der Waals surface area contributed by atoms with Gasteiger partial charge in [0.15, 0.2) is 0 Å². The number of benzene rings is 2. The summed E-state index contributed by atoms with van der Waals surface area (Å²) in [6, 6.07) is 17.4. The molecule has 2 aromatic carbocycles. The topological polar surface area (TPSA) is 81.9 Å². The van der Waals surface area contributed by atoms with E-state index in [9.17, 15) is 8.42 Å². The highest BCUT2D eigenvalue weighted by Gasteiger charge is 2.22. The van der Waals surface area contributed by atoms with Crippen molar-refractivity contribution in [2.45, 2.75) is 4.90 Å². The molecule has 8 heteroatoms. The van der Waals surface area contributed by atoms with Crippen molar-refractivity contribution in [3.8, 4) is 22.8 Å². The zero-order valence-electron chi connectivity index (χ0n) is 15.9. The summed E-state index contributed by atoms with van der Waals surface area (Å²) >= 11 is 0. The van der Waals surface area contributed by atoms with Gasteiger partial charge in [0.25, 0.3) is 10.0 Å². The zero-order valence-corrected chi connectivity index (χ0v) is 16.7. The lowest BCUT2D eigenvalue weighted by Gasteiger charge is -2.14. The van der Waals surface area contributed by atoms with E-state index in [1.54, 1.807) is 24.3 Å². The van der Waals surface area contributed by atoms with Gasteiger partial charge in [-0.15, -0.1) is 0 Å². The number of hydrogen-bond donors (Lipinski definition) is 1. The summed E-state index contributed by atoms with van der Waals surface area (Å²) in [4.78, 5) is 4.58. The molecule has 4 aromatic rings. The number of fused-ring (bicyclic) bond motifs is 1. The molecule has 0 radical (unpaired) electrons. The van der Waals surface area contributed by atoms with Crippen LogP contribution in [0.4, 0.5) is 5.69 Å². The monoisotopic (exact) mass is 409 g/mol. The highest BCUT2D eigenvalue weighted by molar-refractivity contribution is 7.92. The van der Waals surface area contributed by atoms with Gasteiger partial charge in [-0.3, -0.25) is 4.72 Å². The van der Waals surface area contributed by atoms with Crippen molar-refractivity contribution in [3.63, 3.8) is 0 Å². The van der Waals surface area contributed by atoms with E-state index in [1.165, 1.54) is 20.3 Å². The molecule has 7 nitrogen and oxygen atoms in total. The largest absolute Gasteiger partial charge is 0.497 e. The van der Waals surface area contributed by atoms with Gasteiger partial charge in [-0.2, -0.15) is 0 Å². The molecule has 0 aliphatic rings. The summed E-state index contributed by atoms with van der Waals surface area (Å²) in [7, 11) is -1.04. The smallest absolute Gasteiger partial charge is 0.265 e. The molecule has 2 aromatic heterocycles. The highest BCUT2D eigenvalue weighted by atomic mass is 32.2. The number of aromatic nitrogens is 2. The van der Waals surface area contributed by atoms with Crippen LogP contribution in [0.3, 0.4) is 0 Å². The number of imidazole rings is 1. The van der Waals surface area contributed by atoms with Crippen LogP contribution in [-0.2, 0) is 10.0 Å². The number of anilines is 1. The van der Waals surface area contributed by atoms with E-state index in [2.05, 4.69) is 9.71 Å². The van der Waals surface area contributed by atoms with Gasteiger partial charge in [-0.25, -0.2) is 13.4 Å². The summed E-state index contributed by atoms with van der Waals surface area (Å²) in [6.07, 6.45) is 3.74. The molecule has 4 rings (SSSR count). The summed E-state index contributed by atoms with van der Waals surface area (Å²) in [6.45, 7) is 0. The second kappa shape index (κ2) is 7.48. The van der Waals surface area contributed by atoms with E-state index in [1.807, 2.05) is 47.1 Å². The summed E-state index contributed by atoms with van der Waals surface area (Å²) in [5, 5.41) is 0. The molecule has 0 saturated carbocycles. The van der Waals surface area contributed by atoms with Crippen molar-refractivity contribution in [1.29, 1.82) is 0 Å². The Labute approximate surface area is 168 Å². The Morgan fingerprint density at radius 1 is 0.966 bits per heavy atom. The predicted octanol–water partition coefficient (Wildman–Crippen LogP) is 3.82. The number of ether oxygens (including phenoxy) is 2. The fourth-order valence-corrected chi connectivity index (χ4v) is 4.32. The molecule has 0 amide bonds. The van der Waals surface area contributed by atoms with Gasteiger partial charge in [0.05, 0.1) is 25.6 Å². The van der Waals surface area contributed by atoms with Crippen molar-refractivity contribution >= 4 is 21.4 Å². The fraction of sp³-hybridized carbons (Fsp3) is 0.0952. The first-order chi connectivity index (χ1) is 14.0. The molecule has 0 unspecified atom stereocenters. The van der Waals surface area contributed by atoms with Crippen LogP contribution in [-0.4, -0.2) is 32.0 Å². The minimum Gasteiger partial charge on any atom is -0.497 e. The Kier molecular flexibility index (Phi) is 4.85. The van der Waals surface area contributed by atoms with Gasteiger partial charge in [-0.1, -0.05) is 24.3 Å². The SMILES string of the molecule is COc1ccc(OC)c(S(=O)(=O)Nc2ccccc2-c2cn3ccccc3n2)c1. The van der Waals surface area contributed by atoms with Gasteiger partial charge in [0.2, 0.25) is 0 Å². The van der Waals surface area contributed by atoms with Crippen molar-refractivity contribution < 1.29 is 17.9 Å². The summed E-state index contributed by atoms with van der Waals surface area (Å²) in [5.41, 5.74) is 2.52. The van der Waals surface area contributed by atoms with Crippen LogP contribution in [0.25, 0.3) is 16.9 Å². The van der Waals surface area contributed by atoms with Crippen molar-refractivity contribution in [1.82, 2.24) is 9.38 Å². The lowest BCUT2D eigenvalue weighted by Crippen LogP contribution is -2.15. The minimum absolute atomic E-state index is 0.0100. The Bertz CT molecular complexity index is 1250. The number of para-hydroxylation sites is 1. The molecule has 0 bridgehead atoms. The predicted molar refractivity (Wildman–Crippen MR) is 111 cm³/mol. The maximum Gasteiger partial charge on any atom is 0.265 e. The average Bonchev–Trinajstić information content (AvgIpc) is 3.17. The van der Waals surface area contributed by atoms with Crippen LogP contribution in [0.15, 0.2) is 78.0 Å². The van der Waals surface area contributed by atoms with E-state index in [-0.39, 0.29) is 10.6 Å². The molecule has 0 atom stereocenters. The van der Waals surface area contributed by atoms with Gasteiger partial charge >= 0.3 is 0 Å². The first kappa shape index (κ1) is 18.8. The molecule has 148 valence electrons. The second-order valence-electron chi connectivity index (χ2n) is 6.26. The molecule has 2 heterocycles. The molecular weight excluding hydrogens is 390 g/mol. The Morgan fingerprint density at radius 2 is 1.76 bits per heavy atom. The van der Waals surface area contributed by atoms with E-state index in [0.29, 0.717) is 22.7 Å². The van der Waals surface area contributed by atoms with Crippen molar-refractivity contribution in [2.24, 2.45) is 0 Å². The standard InChI is InChI=1S/C21H19N3O4S/c1-27-15-10-11-19(28-2)20(13-15)29(25,26)23-17-8-4-3-7-16(17)18-14-24-12-6-5-9-21(24)22-18/h3-14,23H,1-2H3. The quantitative estimate of drug-likeness (QED) is 0.524. The number of rotatable bonds is 6. The number of pyridine rings is 1. The molecule has 0 fully saturated rings. The maximum absolute atomic E-state index is 13.1. The molecule has 0 saturated heterocycles. The lowest BCUT2D eigenvalue weighted by molar-refractivity contribution is 0.392. The summed E-state index contributed by atoms with van der Waals surface area (Å²) < 4.78 is 41.2. The maximum atomic E-state index is 13.1. The van der Waals surface area contributed by atoms with Crippen molar-refractivity contribution in [3.05, 3.63) is 73.1 Å². The van der Waals surface area contributed by atoms with Crippen LogP contribution >= 0.6 is 0 Å².